The molecule has 106 valence electrons. The summed E-state index contributed by atoms with van der Waals surface area (Å²) >= 11 is 5.80. The number of aromatic amines is 1. The van der Waals surface area contributed by atoms with Crippen LogP contribution in [0, 0.1) is 6.92 Å². The Morgan fingerprint density at radius 3 is 2.70 bits per heavy atom. The minimum Gasteiger partial charge on any atom is -0.364 e. The fraction of sp³-hybridized carbons (Fsp3) is 0.0909. The van der Waals surface area contributed by atoms with Crippen LogP contribution in [0.25, 0.3) is 0 Å². The number of benzene rings is 1. The minimum absolute atomic E-state index is 0.00511. The Balaban J connectivity index is 2.35. The highest BCUT2D eigenvalue weighted by Gasteiger charge is 2.19. The topological polar surface area (TPSA) is 118 Å². The average molecular weight is 315 g/mol. The van der Waals surface area contributed by atoms with E-state index in [1.807, 2.05) is 0 Å². The van der Waals surface area contributed by atoms with Gasteiger partial charge in [0.05, 0.1) is 4.90 Å². The second kappa shape index (κ2) is 5.14. The zero-order valence-electron chi connectivity index (χ0n) is 10.3. The molecule has 4 N–H and O–H groups in total. The first-order chi connectivity index (χ1) is 9.29. The number of H-pyrrole nitrogens is 1. The fourth-order valence-corrected chi connectivity index (χ4v) is 3.06. The largest absolute Gasteiger partial charge is 0.364 e. The van der Waals surface area contributed by atoms with Gasteiger partial charge in [0.1, 0.15) is 5.69 Å². The molecule has 2 aromatic rings. The van der Waals surface area contributed by atoms with Crippen molar-refractivity contribution in [1.29, 1.82) is 0 Å². The van der Waals surface area contributed by atoms with Crippen molar-refractivity contribution in [2.75, 3.05) is 4.72 Å². The highest BCUT2D eigenvalue weighted by molar-refractivity contribution is 7.92. The molecule has 1 amide bonds. The SMILES string of the molecule is Cc1ccc(Cl)cc1S(=O)(=O)Nc1cc(C(N)=O)[nH]n1. The van der Waals surface area contributed by atoms with Gasteiger partial charge in [-0.3, -0.25) is 14.6 Å². The molecule has 0 unspecified atom stereocenters. The lowest BCUT2D eigenvalue weighted by Crippen LogP contribution is -2.14. The van der Waals surface area contributed by atoms with Gasteiger partial charge < -0.3 is 5.73 Å². The number of primary amides is 1. The molecule has 0 fully saturated rings. The smallest absolute Gasteiger partial charge is 0.266 e. The first-order valence-corrected chi connectivity index (χ1v) is 7.30. The zero-order valence-corrected chi connectivity index (χ0v) is 11.9. The third kappa shape index (κ3) is 2.91. The van der Waals surface area contributed by atoms with E-state index < -0.39 is 15.9 Å². The molecule has 0 radical (unpaired) electrons. The number of aryl methyl sites for hydroxylation is 1. The number of carbonyl (C=O) groups is 1. The van der Waals surface area contributed by atoms with Crippen LogP contribution in [0.2, 0.25) is 5.02 Å². The second-order valence-electron chi connectivity index (χ2n) is 4.05. The molecule has 1 aromatic carbocycles. The van der Waals surface area contributed by atoms with Gasteiger partial charge in [-0.15, -0.1) is 0 Å². The summed E-state index contributed by atoms with van der Waals surface area (Å²) in [4.78, 5) is 10.9. The molecule has 0 aliphatic heterocycles. The van der Waals surface area contributed by atoms with Crippen molar-refractivity contribution in [1.82, 2.24) is 10.2 Å². The van der Waals surface area contributed by atoms with Crippen molar-refractivity contribution in [3.05, 3.63) is 40.5 Å². The van der Waals surface area contributed by atoms with Gasteiger partial charge in [-0.1, -0.05) is 17.7 Å². The van der Waals surface area contributed by atoms with E-state index in [1.54, 1.807) is 19.1 Å². The predicted octanol–water partition coefficient (Wildman–Crippen LogP) is 1.27. The summed E-state index contributed by atoms with van der Waals surface area (Å²) in [7, 11) is -3.85. The minimum atomic E-state index is -3.85. The number of halogens is 1. The third-order valence-electron chi connectivity index (χ3n) is 2.52. The number of nitrogens with zero attached hydrogens (tertiary/aromatic N) is 1. The van der Waals surface area contributed by atoms with E-state index in [0.717, 1.165) is 0 Å². The molecule has 9 heteroatoms. The summed E-state index contributed by atoms with van der Waals surface area (Å²) in [5, 5.41) is 6.28. The number of carbonyl (C=O) groups excluding carboxylic acids is 1. The van der Waals surface area contributed by atoms with E-state index in [9.17, 15) is 13.2 Å². The van der Waals surface area contributed by atoms with Crippen LogP contribution < -0.4 is 10.5 Å². The molecule has 0 atom stereocenters. The number of rotatable bonds is 4. The maximum Gasteiger partial charge on any atom is 0.266 e. The number of nitrogens with one attached hydrogen (secondary N) is 2. The molecule has 7 nitrogen and oxygen atoms in total. The lowest BCUT2D eigenvalue weighted by atomic mass is 10.2. The molecule has 1 heterocycles. The van der Waals surface area contributed by atoms with Crippen LogP contribution in [-0.2, 0) is 10.0 Å². The van der Waals surface area contributed by atoms with Crippen molar-refractivity contribution in [3.8, 4) is 0 Å². The van der Waals surface area contributed by atoms with Gasteiger partial charge in [-0.25, -0.2) is 8.42 Å². The summed E-state index contributed by atoms with van der Waals surface area (Å²) in [6.07, 6.45) is 0. The molecule has 2 rings (SSSR count). The molecule has 0 aliphatic rings. The zero-order chi connectivity index (χ0) is 14.9. The van der Waals surface area contributed by atoms with Crippen molar-refractivity contribution in [2.45, 2.75) is 11.8 Å². The van der Waals surface area contributed by atoms with Crippen LogP contribution in [0.3, 0.4) is 0 Å². The number of hydrogen-bond acceptors (Lipinski definition) is 4. The van der Waals surface area contributed by atoms with Crippen molar-refractivity contribution < 1.29 is 13.2 Å². The number of amides is 1. The van der Waals surface area contributed by atoms with Gasteiger partial charge >= 0.3 is 0 Å². The van der Waals surface area contributed by atoms with Gasteiger partial charge in [-0.2, -0.15) is 5.10 Å². The van der Waals surface area contributed by atoms with Crippen LogP contribution in [0.5, 0.6) is 0 Å². The maximum atomic E-state index is 12.2. The van der Waals surface area contributed by atoms with Gasteiger partial charge in [0.25, 0.3) is 15.9 Å². The van der Waals surface area contributed by atoms with Crippen LogP contribution in [0.15, 0.2) is 29.2 Å². The molecule has 0 bridgehead atoms. The highest BCUT2D eigenvalue weighted by Crippen LogP contribution is 2.22. The summed E-state index contributed by atoms with van der Waals surface area (Å²) in [5.41, 5.74) is 5.58. The number of anilines is 1. The van der Waals surface area contributed by atoms with Crippen LogP contribution >= 0.6 is 11.6 Å². The standard InChI is InChI=1S/C11H11ClN4O3S/c1-6-2-3-7(12)4-9(6)20(18,19)16-10-5-8(11(13)17)14-15-10/h2-5H,1H3,(H2,13,17)(H2,14,15,16). The molecule has 0 saturated carbocycles. The van der Waals surface area contributed by atoms with E-state index in [-0.39, 0.29) is 16.4 Å². The van der Waals surface area contributed by atoms with Crippen LogP contribution in [0.4, 0.5) is 5.82 Å². The van der Waals surface area contributed by atoms with Gasteiger partial charge in [0.2, 0.25) is 0 Å². The van der Waals surface area contributed by atoms with E-state index in [4.69, 9.17) is 17.3 Å². The van der Waals surface area contributed by atoms with E-state index in [0.29, 0.717) is 10.6 Å². The molecular formula is C11H11ClN4O3S. The Kier molecular flexibility index (Phi) is 3.69. The first kappa shape index (κ1) is 14.4. The molecule has 0 aliphatic carbocycles. The normalized spacial score (nSPS) is 11.3. The monoisotopic (exact) mass is 314 g/mol. The van der Waals surface area contributed by atoms with E-state index >= 15 is 0 Å². The molecule has 1 aromatic heterocycles. The Morgan fingerprint density at radius 1 is 1.40 bits per heavy atom. The van der Waals surface area contributed by atoms with E-state index in [1.165, 1.54) is 12.1 Å². The molecule has 0 saturated heterocycles. The Bertz CT molecular complexity index is 770. The number of nitrogens with two attached hydrogens (primary N) is 1. The van der Waals surface area contributed by atoms with Gasteiger partial charge in [-0.05, 0) is 24.6 Å². The molecular weight excluding hydrogens is 304 g/mol. The highest BCUT2D eigenvalue weighted by atomic mass is 35.5. The quantitative estimate of drug-likeness (QED) is 0.787. The summed E-state index contributed by atoms with van der Waals surface area (Å²) in [6.45, 7) is 1.64. The Hall–Kier alpha value is -2.06. The number of sulfonamides is 1. The summed E-state index contributed by atoms with van der Waals surface area (Å²) < 4.78 is 26.7. The van der Waals surface area contributed by atoms with Crippen molar-refractivity contribution in [2.24, 2.45) is 5.73 Å². The Labute approximate surface area is 120 Å². The Morgan fingerprint density at radius 2 is 2.10 bits per heavy atom. The van der Waals surface area contributed by atoms with Gasteiger partial charge in [0, 0.05) is 11.1 Å². The summed E-state index contributed by atoms with van der Waals surface area (Å²) in [5.74, 6) is -0.764. The maximum absolute atomic E-state index is 12.2. The average Bonchev–Trinajstić information content (AvgIpc) is 2.80. The third-order valence-corrected chi connectivity index (χ3v) is 4.25. The van der Waals surface area contributed by atoms with E-state index in [2.05, 4.69) is 14.9 Å². The predicted molar refractivity (Wildman–Crippen MR) is 74.1 cm³/mol. The second-order valence-corrected chi connectivity index (χ2v) is 6.13. The van der Waals surface area contributed by atoms with Crippen molar-refractivity contribution >= 4 is 33.3 Å². The number of hydrogen-bond donors (Lipinski definition) is 3. The lowest BCUT2D eigenvalue weighted by Gasteiger charge is -2.08. The first-order valence-electron chi connectivity index (χ1n) is 5.44. The number of aromatic nitrogens is 2. The summed E-state index contributed by atoms with van der Waals surface area (Å²) in [6, 6.07) is 5.73. The fourth-order valence-electron chi connectivity index (χ4n) is 1.56. The van der Waals surface area contributed by atoms with Crippen LogP contribution in [-0.4, -0.2) is 24.5 Å². The van der Waals surface area contributed by atoms with Crippen LogP contribution in [0.1, 0.15) is 16.1 Å². The van der Waals surface area contributed by atoms with Gasteiger partial charge in [0.15, 0.2) is 5.82 Å². The molecule has 20 heavy (non-hydrogen) atoms. The lowest BCUT2D eigenvalue weighted by molar-refractivity contribution is 0.0995. The van der Waals surface area contributed by atoms with Crippen molar-refractivity contribution in [3.63, 3.8) is 0 Å². The molecule has 0 spiro atoms.